The molecule has 1 heterocycles. The van der Waals surface area contributed by atoms with Gasteiger partial charge in [-0.1, -0.05) is 6.07 Å². The van der Waals surface area contributed by atoms with Gasteiger partial charge in [0, 0.05) is 12.2 Å². The maximum atomic E-state index is 8.79. The van der Waals surface area contributed by atoms with Gasteiger partial charge in [-0.05, 0) is 25.1 Å². The monoisotopic (exact) mass is 227 g/mol. The summed E-state index contributed by atoms with van der Waals surface area (Å²) in [7, 11) is 0. The lowest BCUT2D eigenvalue weighted by Crippen LogP contribution is -2.09. The van der Waals surface area contributed by atoms with E-state index in [4.69, 9.17) is 5.26 Å². The number of nitrogens with one attached hydrogen (secondary N) is 1. The summed E-state index contributed by atoms with van der Waals surface area (Å²) in [5, 5.41) is 16.1. The molecule has 0 bridgehead atoms. The molecule has 0 fully saturated rings. The van der Waals surface area contributed by atoms with Gasteiger partial charge in [0.25, 0.3) is 0 Å². The van der Waals surface area contributed by atoms with E-state index < -0.39 is 0 Å². The minimum Gasteiger partial charge on any atom is -0.378 e. The molecule has 5 heteroatoms. The van der Waals surface area contributed by atoms with E-state index in [1.807, 2.05) is 29.8 Å². The first-order chi connectivity index (χ1) is 8.33. The number of nitrogens with zero attached hydrogens (tertiary/aromatic N) is 4. The molecule has 1 N–H and O–H groups in total. The molecule has 0 saturated carbocycles. The van der Waals surface area contributed by atoms with Gasteiger partial charge in [-0.15, -0.1) is 0 Å². The van der Waals surface area contributed by atoms with Crippen molar-refractivity contribution in [2.45, 2.75) is 20.0 Å². The Morgan fingerprint density at radius 3 is 3.12 bits per heavy atom. The molecular formula is C12H13N5. The van der Waals surface area contributed by atoms with Crippen molar-refractivity contribution in [2.24, 2.45) is 0 Å². The quantitative estimate of drug-likeness (QED) is 0.864. The van der Waals surface area contributed by atoms with E-state index >= 15 is 0 Å². The van der Waals surface area contributed by atoms with E-state index in [-0.39, 0.29) is 0 Å². The molecule has 2 rings (SSSR count). The Hall–Kier alpha value is -2.35. The number of nitriles is 1. The highest BCUT2D eigenvalue weighted by atomic mass is 15.3. The van der Waals surface area contributed by atoms with Crippen molar-refractivity contribution in [1.82, 2.24) is 14.8 Å². The molecule has 0 unspecified atom stereocenters. The summed E-state index contributed by atoms with van der Waals surface area (Å²) in [6, 6.07) is 9.48. The number of rotatable bonds is 4. The molecule has 0 aliphatic carbocycles. The van der Waals surface area contributed by atoms with Crippen molar-refractivity contribution in [3.05, 3.63) is 42.0 Å². The van der Waals surface area contributed by atoms with Crippen LogP contribution in [0.3, 0.4) is 0 Å². The number of hydrogen-bond acceptors (Lipinski definition) is 4. The molecule has 17 heavy (non-hydrogen) atoms. The second kappa shape index (κ2) is 5.12. The summed E-state index contributed by atoms with van der Waals surface area (Å²) in [6.45, 7) is 3.42. The van der Waals surface area contributed by atoms with E-state index in [2.05, 4.69) is 21.5 Å². The van der Waals surface area contributed by atoms with Crippen LogP contribution in [-0.4, -0.2) is 14.8 Å². The summed E-state index contributed by atoms with van der Waals surface area (Å²) < 4.78 is 1.83. The van der Waals surface area contributed by atoms with Crippen LogP contribution >= 0.6 is 0 Å². The largest absolute Gasteiger partial charge is 0.378 e. The summed E-state index contributed by atoms with van der Waals surface area (Å²) in [5.74, 6) is 0.884. The highest BCUT2D eigenvalue weighted by molar-refractivity contribution is 5.49. The number of aryl methyl sites for hydroxylation is 1. The Balaban J connectivity index is 2.05. The topological polar surface area (TPSA) is 66.5 Å². The van der Waals surface area contributed by atoms with E-state index in [1.165, 1.54) is 0 Å². The number of anilines is 1. The third kappa shape index (κ3) is 2.61. The fourth-order valence-corrected chi connectivity index (χ4v) is 1.57. The van der Waals surface area contributed by atoms with Gasteiger partial charge in [0.05, 0.1) is 18.2 Å². The molecule has 1 aromatic heterocycles. The molecule has 0 saturated heterocycles. The average molecular weight is 227 g/mol. The minimum atomic E-state index is 0.600. The van der Waals surface area contributed by atoms with Crippen LogP contribution in [0, 0.1) is 11.3 Å². The third-order valence-corrected chi connectivity index (χ3v) is 2.44. The van der Waals surface area contributed by atoms with E-state index in [9.17, 15) is 0 Å². The second-order valence-electron chi connectivity index (χ2n) is 3.54. The van der Waals surface area contributed by atoms with Gasteiger partial charge in [-0.2, -0.15) is 10.4 Å². The number of aromatic nitrogens is 3. The number of benzene rings is 1. The Labute approximate surface area is 99.7 Å². The smallest absolute Gasteiger partial charge is 0.146 e. The van der Waals surface area contributed by atoms with Gasteiger partial charge < -0.3 is 5.32 Å². The normalized spacial score (nSPS) is 9.88. The average Bonchev–Trinajstić information content (AvgIpc) is 2.84. The van der Waals surface area contributed by atoms with Crippen LogP contribution in [-0.2, 0) is 13.1 Å². The van der Waals surface area contributed by atoms with Crippen molar-refractivity contribution in [3.8, 4) is 6.07 Å². The van der Waals surface area contributed by atoms with Crippen molar-refractivity contribution in [3.63, 3.8) is 0 Å². The highest BCUT2D eigenvalue weighted by Crippen LogP contribution is 2.10. The molecule has 86 valence electrons. The van der Waals surface area contributed by atoms with Gasteiger partial charge in [-0.25, -0.2) is 9.67 Å². The molecule has 0 aliphatic rings. The van der Waals surface area contributed by atoms with Crippen LogP contribution < -0.4 is 5.32 Å². The molecular weight excluding hydrogens is 214 g/mol. The maximum absolute atomic E-state index is 8.79. The molecule has 1 aromatic carbocycles. The van der Waals surface area contributed by atoms with Crippen molar-refractivity contribution >= 4 is 5.69 Å². The number of hydrogen-bond donors (Lipinski definition) is 1. The summed E-state index contributed by atoms with van der Waals surface area (Å²) in [6.07, 6.45) is 1.55. The van der Waals surface area contributed by atoms with Crippen molar-refractivity contribution in [1.29, 1.82) is 5.26 Å². The molecule has 0 amide bonds. The van der Waals surface area contributed by atoms with Gasteiger partial charge in [0.15, 0.2) is 0 Å². The Morgan fingerprint density at radius 2 is 2.35 bits per heavy atom. The lowest BCUT2D eigenvalue weighted by atomic mass is 10.2. The van der Waals surface area contributed by atoms with Crippen molar-refractivity contribution in [2.75, 3.05) is 5.32 Å². The van der Waals surface area contributed by atoms with E-state index in [0.717, 1.165) is 18.1 Å². The molecule has 0 spiro atoms. The zero-order chi connectivity index (χ0) is 12.1. The predicted molar refractivity (Wildman–Crippen MR) is 64.2 cm³/mol. The van der Waals surface area contributed by atoms with E-state index in [1.54, 1.807) is 12.4 Å². The first kappa shape index (κ1) is 11.1. The first-order valence-electron chi connectivity index (χ1n) is 5.44. The maximum Gasteiger partial charge on any atom is 0.146 e. The Morgan fingerprint density at radius 1 is 1.47 bits per heavy atom. The summed E-state index contributed by atoms with van der Waals surface area (Å²) >= 11 is 0. The fourth-order valence-electron chi connectivity index (χ4n) is 1.57. The first-order valence-corrected chi connectivity index (χ1v) is 5.44. The molecule has 0 atom stereocenters. The molecule has 0 radical (unpaired) electrons. The van der Waals surface area contributed by atoms with Crippen LogP contribution in [0.1, 0.15) is 18.3 Å². The summed E-state index contributed by atoms with van der Waals surface area (Å²) in [4.78, 5) is 4.17. The zero-order valence-corrected chi connectivity index (χ0v) is 9.59. The predicted octanol–water partition coefficient (Wildman–Crippen LogP) is 1.78. The Kier molecular flexibility index (Phi) is 3.36. The van der Waals surface area contributed by atoms with Crippen LogP contribution in [0.25, 0.3) is 0 Å². The SMILES string of the molecule is CCn1ncnc1CNc1cccc(C#N)c1. The second-order valence-corrected chi connectivity index (χ2v) is 3.54. The lowest BCUT2D eigenvalue weighted by molar-refractivity contribution is 0.622. The van der Waals surface area contributed by atoms with Gasteiger partial charge >= 0.3 is 0 Å². The van der Waals surface area contributed by atoms with Crippen LogP contribution in [0.2, 0.25) is 0 Å². The highest BCUT2D eigenvalue weighted by Gasteiger charge is 2.02. The van der Waals surface area contributed by atoms with Crippen LogP contribution in [0.4, 0.5) is 5.69 Å². The molecule has 2 aromatic rings. The minimum absolute atomic E-state index is 0.600. The zero-order valence-electron chi connectivity index (χ0n) is 9.59. The summed E-state index contributed by atoms with van der Waals surface area (Å²) in [5.41, 5.74) is 1.56. The lowest BCUT2D eigenvalue weighted by Gasteiger charge is -2.06. The standard InChI is InChI=1S/C12H13N5/c1-2-17-12(15-9-16-17)8-14-11-5-3-4-10(6-11)7-13/h3-6,9,14H,2,8H2,1H3. The van der Waals surface area contributed by atoms with Gasteiger partial charge in [0.2, 0.25) is 0 Å². The van der Waals surface area contributed by atoms with E-state index in [0.29, 0.717) is 12.1 Å². The third-order valence-electron chi connectivity index (χ3n) is 2.44. The fraction of sp³-hybridized carbons (Fsp3) is 0.250. The Bertz CT molecular complexity index is 538. The molecule has 0 aliphatic heterocycles. The van der Waals surface area contributed by atoms with Crippen LogP contribution in [0.5, 0.6) is 0 Å². The van der Waals surface area contributed by atoms with Gasteiger partial charge in [0.1, 0.15) is 12.2 Å². The van der Waals surface area contributed by atoms with Crippen LogP contribution in [0.15, 0.2) is 30.6 Å². The van der Waals surface area contributed by atoms with Gasteiger partial charge in [-0.3, -0.25) is 0 Å². The molecule has 5 nitrogen and oxygen atoms in total. The van der Waals surface area contributed by atoms with Crippen molar-refractivity contribution < 1.29 is 0 Å².